The predicted octanol–water partition coefficient (Wildman–Crippen LogP) is 4.19. The highest BCUT2D eigenvalue weighted by molar-refractivity contribution is 6.32. The highest BCUT2D eigenvalue weighted by atomic mass is 35.5. The molecule has 0 saturated heterocycles. The number of halogens is 3. The Hall–Kier alpha value is -1.32. The molecule has 0 saturated carbocycles. The van der Waals surface area contributed by atoms with Gasteiger partial charge in [0.2, 0.25) is 0 Å². The number of pyridine rings is 1. The van der Waals surface area contributed by atoms with Crippen LogP contribution < -0.4 is 4.74 Å². The smallest absolute Gasteiger partial charge is 0.141 e. The standard InChI is InChI=1S/C13H10Cl2FNO/c14-5-9-1-2-13(12(15)4-9)18-8-10-3-11(16)7-17-6-10/h1-4,6-7H,5,8H2. The van der Waals surface area contributed by atoms with E-state index < -0.39 is 0 Å². The first-order chi connectivity index (χ1) is 8.69. The third kappa shape index (κ3) is 3.34. The number of ether oxygens (including phenoxy) is 1. The van der Waals surface area contributed by atoms with Crippen molar-refractivity contribution in [1.82, 2.24) is 4.98 Å². The molecule has 0 N–H and O–H groups in total. The molecule has 1 aromatic heterocycles. The average Bonchev–Trinajstić information content (AvgIpc) is 2.37. The Morgan fingerprint density at radius 1 is 1.17 bits per heavy atom. The molecule has 1 heterocycles. The molecule has 0 bridgehead atoms. The Bertz CT molecular complexity index is 548. The number of hydrogen-bond acceptors (Lipinski definition) is 2. The summed E-state index contributed by atoms with van der Waals surface area (Å²) in [6.45, 7) is 0.213. The summed E-state index contributed by atoms with van der Waals surface area (Å²) in [5.41, 5.74) is 1.56. The van der Waals surface area contributed by atoms with Gasteiger partial charge in [0.05, 0.1) is 11.2 Å². The Balaban J connectivity index is 2.06. The number of hydrogen-bond donors (Lipinski definition) is 0. The fraction of sp³-hybridized carbons (Fsp3) is 0.154. The van der Waals surface area contributed by atoms with Gasteiger partial charge in [-0.1, -0.05) is 17.7 Å². The largest absolute Gasteiger partial charge is 0.487 e. The SMILES string of the molecule is Fc1cncc(COc2ccc(CCl)cc2Cl)c1. The van der Waals surface area contributed by atoms with Crippen molar-refractivity contribution >= 4 is 23.2 Å². The summed E-state index contributed by atoms with van der Waals surface area (Å²) < 4.78 is 18.4. The summed E-state index contributed by atoms with van der Waals surface area (Å²) in [7, 11) is 0. The van der Waals surface area contributed by atoms with Gasteiger partial charge in [0, 0.05) is 17.6 Å². The minimum absolute atomic E-state index is 0.213. The zero-order valence-electron chi connectivity index (χ0n) is 9.37. The van der Waals surface area contributed by atoms with Gasteiger partial charge in [0.25, 0.3) is 0 Å². The van der Waals surface area contributed by atoms with Crippen molar-refractivity contribution in [3.63, 3.8) is 0 Å². The van der Waals surface area contributed by atoms with Crippen LogP contribution in [0, 0.1) is 5.82 Å². The maximum atomic E-state index is 12.9. The van der Waals surface area contributed by atoms with Crippen molar-refractivity contribution in [2.24, 2.45) is 0 Å². The highest BCUT2D eigenvalue weighted by Crippen LogP contribution is 2.26. The van der Waals surface area contributed by atoms with Gasteiger partial charge in [-0.05, 0) is 23.8 Å². The van der Waals surface area contributed by atoms with Gasteiger partial charge in [-0.15, -0.1) is 11.6 Å². The third-order valence-electron chi connectivity index (χ3n) is 2.31. The molecule has 94 valence electrons. The first-order valence-corrected chi connectivity index (χ1v) is 6.17. The summed E-state index contributed by atoms with van der Waals surface area (Å²) in [5.74, 6) is 0.544. The van der Waals surface area contributed by atoms with Crippen molar-refractivity contribution < 1.29 is 9.13 Å². The quantitative estimate of drug-likeness (QED) is 0.786. The number of aromatic nitrogens is 1. The molecule has 1 aromatic carbocycles. The lowest BCUT2D eigenvalue weighted by Gasteiger charge is -2.08. The number of rotatable bonds is 4. The van der Waals surface area contributed by atoms with Crippen molar-refractivity contribution in [2.75, 3.05) is 0 Å². The van der Waals surface area contributed by atoms with Gasteiger partial charge in [-0.2, -0.15) is 0 Å². The van der Waals surface area contributed by atoms with Crippen LogP contribution in [-0.2, 0) is 12.5 Å². The molecule has 0 spiro atoms. The second kappa shape index (κ2) is 6.03. The summed E-state index contributed by atoms with van der Waals surface area (Å²) in [4.78, 5) is 3.74. The lowest BCUT2D eigenvalue weighted by Crippen LogP contribution is -1.97. The molecular formula is C13H10Cl2FNO. The van der Waals surface area contributed by atoms with Crippen LogP contribution in [0.3, 0.4) is 0 Å². The Morgan fingerprint density at radius 3 is 2.67 bits per heavy atom. The molecular weight excluding hydrogens is 276 g/mol. The summed E-state index contributed by atoms with van der Waals surface area (Å²) in [5, 5.41) is 0.484. The van der Waals surface area contributed by atoms with Gasteiger partial charge < -0.3 is 4.74 Å². The van der Waals surface area contributed by atoms with Crippen LogP contribution in [0.15, 0.2) is 36.7 Å². The zero-order chi connectivity index (χ0) is 13.0. The molecule has 2 rings (SSSR count). The minimum atomic E-state index is -0.389. The van der Waals surface area contributed by atoms with Crippen LogP contribution in [0.1, 0.15) is 11.1 Å². The van der Waals surface area contributed by atoms with E-state index in [1.54, 1.807) is 18.3 Å². The monoisotopic (exact) mass is 285 g/mol. The van der Waals surface area contributed by atoms with Crippen molar-refractivity contribution in [3.8, 4) is 5.75 Å². The van der Waals surface area contributed by atoms with Gasteiger partial charge in [0.1, 0.15) is 18.2 Å². The van der Waals surface area contributed by atoms with Crippen molar-refractivity contribution in [3.05, 3.63) is 58.6 Å². The van der Waals surface area contributed by atoms with E-state index >= 15 is 0 Å². The first kappa shape index (κ1) is 13.1. The normalized spacial score (nSPS) is 10.4. The fourth-order valence-corrected chi connectivity index (χ4v) is 1.86. The minimum Gasteiger partial charge on any atom is -0.487 e. The second-order valence-corrected chi connectivity index (χ2v) is 4.37. The van der Waals surface area contributed by atoms with Gasteiger partial charge in [-0.25, -0.2) is 4.39 Å². The average molecular weight is 286 g/mol. The van der Waals surface area contributed by atoms with E-state index in [-0.39, 0.29) is 12.4 Å². The van der Waals surface area contributed by atoms with Crippen molar-refractivity contribution in [2.45, 2.75) is 12.5 Å². The van der Waals surface area contributed by atoms with Crippen LogP contribution in [0.2, 0.25) is 5.02 Å². The lowest BCUT2D eigenvalue weighted by molar-refractivity contribution is 0.305. The number of alkyl halides is 1. The maximum Gasteiger partial charge on any atom is 0.141 e. The molecule has 18 heavy (non-hydrogen) atoms. The van der Waals surface area contributed by atoms with E-state index in [1.807, 2.05) is 6.07 Å². The summed E-state index contributed by atoms with van der Waals surface area (Å²) in [6, 6.07) is 6.69. The topological polar surface area (TPSA) is 22.1 Å². The maximum absolute atomic E-state index is 12.9. The van der Waals surface area contributed by atoms with Crippen LogP contribution in [0.4, 0.5) is 4.39 Å². The van der Waals surface area contributed by atoms with E-state index in [1.165, 1.54) is 6.07 Å². The zero-order valence-corrected chi connectivity index (χ0v) is 10.9. The van der Waals surface area contributed by atoms with Gasteiger partial charge in [0.15, 0.2) is 0 Å². The molecule has 0 unspecified atom stereocenters. The Morgan fingerprint density at radius 2 is 2.00 bits per heavy atom. The predicted molar refractivity (Wildman–Crippen MR) is 69.5 cm³/mol. The highest BCUT2D eigenvalue weighted by Gasteiger charge is 2.04. The molecule has 0 aliphatic carbocycles. The Labute approximate surface area is 114 Å². The van der Waals surface area contributed by atoms with Crippen LogP contribution in [0.5, 0.6) is 5.75 Å². The summed E-state index contributed by atoms with van der Waals surface area (Å²) >= 11 is 11.7. The molecule has 0 atom stereocenters. The number of benzene rings is 1. The molecule has 0 fully saturated rings. The van der Waals surface area contributed by atoms with Crippen LogP contribution in [-0.4, -0.2) is 4.98 Å². The second-order valence-electron chi connectivity index (χ2n) is 3.70. The molecule has 0 aliphatic heterocycles. The summed E-state index contributed by atoms with van der Waals surface area (Å²) in [6.07, 6.45) is 2.69. The molecule has 2 aromatic rings. The molecule has 2 nitrogen and oxygen atoms in total. The van der Waals surface area contributed by atoms with E-state index in [0.717, 1.165) is 11.8 Å². The molecule has 0 amide bonds. The lowest BCUT2D eigenvalue weighted by atomic mass is 10.2. The molecule has 0 radical (unpaired) electrons. The molecule has 5 heteroatoms. The van der Waals surface area contributed by atoms with Crippen LogP contribution >= 0.6 is 23.2 Å². The van der Waals surface area contributed by atoms with E-state index in [9.17, 15) is 4.39 Å². The van der Waals surface area contributed by atoms with E-state index in [4.69, 9.17) is 27.9 Å². The van der Waals surface area contributed by atoms with Crippen molar-refractivity contribution in [1.29, 1.82) is 0 Å². The first-order valence-electron chi connectivity index (χ1n) is 5.25. The molecule has 0 aliphatic rings. The fourth-order valence-electron chi connectivity index (χ4n) is 1.44. The number of nitrogens with zero attached hydrogens (tertiary/aromatic N) is 1. The van der Waals surface area contributed by atoms with Gasteiger partial charge >= 0.3 is 0 Å². The van der Waals surface area contributed by atoms with E-state index in [0.29, 0.717) is 22.2 Å². The van der Waals surface area contributed by atoms with Crippen LogP contribution in [0.25, 0.3) is 0 Å². The van der Waals surface area contributed by atoms with E-state index in [2.05, 4.69) is 4.98 Å². The van der Waals surface area contributed by atoms with Gasteiger partial charge in [-0.3, -0.25) is 4.98 Å². The Kier molecular flexibility index (Phi) is 4.39. The third-order valence-corrected chi connectivity index (χ3v) is 2.91.